The van der Waals surface area contributed by atoms with Crippen molar-refractivity contribution in [2.45, 2.75) is 18.9 Å². The fraction of sp³-hybridized carbons (Fsp3) is 0.421. The van der Waals surface area contributed by atoms with Gasteiger partial charge < -0.3 is 20.3 Å². The second kappa shape index (κ2) is 11.3. The number of hydrogen-bond donors (Lipinski definition) is 2. The predicted octanol–water partition coefficient (Wildman–Crippen LogP) is 3.58. The Hall–Kier alpha value is -1.48. The molecular weight excluding hydrogens is 459 g/mol. The van der Waals surface area contributed by atoms with Crippen LogP contribution in [0, 0.1) is 0 Å². The zero-order valence-corrected chi connectivity index (χ0v) is 18.2. The van der Waals surface area contributed by atoms with Crippen LogP contribution in [0.2, 0.25) is 0 Å². The first kappa shape index (κ1) is 20.8. The van der Waals surface area contributed by atoms with E-state index >= 15 is 0 Å². The molecule has 1 aromatic carbocycles. The average Bonchev–Trinajstić information content (AvgIpc) is 3.20. The highest BCUT2D eigenvalue weighted by Gasteiger charge is 2.20. The van der Waals surface area contributed by atoms with Crippen molar-refractivity contribution in [3.63, 3.8) is 0 Å². The number of para-hydroxylation sites is 1. The quantitative estimate of drug-likeness (QED) is 0.284. The number of nitrogens with zero attached hydrogens (tertiary/aromatic N) is 2. The normalized spacial score (nSPS) is 15.3. The number of piperidine rings is 1. The van der Waals surface area contributed by atoms with Gasteiger partial charge in [-0.05, 0) is 42.5 Å². The van der Waals surface area contributed by atoms with Gasteiger partial charge in [0.15, 0.2) is 5.96 Å². The van der Waals surface area contributed by atoms with E-state index in [2.05, 4.69) is 38.0 Å². The monoisotopic (exact) mass is 486 g/mol. The number of nitrogens with one attached hydrogen (secondary N) is 2. The van der Waals surface area contributed by atoms with E-state index in [9.17, 15) is 0 Å². The number of aliphatic imine (C=N–C) groups is 1. The maximum Gasteiger partial charge on any atom is 0.191 e. The predicted molar refractivity (Wildman–Crippen MR) is 121 cm³/mol. The molecule has 0 radical (unpaired) electrons. The third kappa shape index (κ3) is 6.35. The molecule has 2 heterocycles. The molecule has 1 aromatic heterocycles. The molecule has 0 atom stereocenters. The summed E-state index contributed by atoms with van der Waals surface area (Å²) in [5.74, 6) is 1.75. The Morgan fingerprint density at radius 1 is 1.19 bits per heavy atom. The molecule has 1 fully saturated rings. The summed E-state index contributed by atoms with van der Waals surface area (Å²) in [6.07, 6.45) is 2.25. The van der Waals surface area contributed by atoms with Crippen molar-refractivity contribution in [2.24, 2.45) is 4.99 Å². The Morgan fingerprint density at radius 2 is 1.96 bits per heavy atom. The van der Waals surface area contributed by atoms with Crippen LogP contribution in [0.4, 0.5) is 5.00 Å². The maximum absolute atomic E-state index is 5.70. The molecule has 5 nitrogen and oxygen atoms in total. The van der Waals surface area contributed by atoms with Crippen LogP contribution < -0.4 is 20.3 Å². The van der Waals surface area contributed by atoms with Crippen LogP contribution in [0.3, 0.4) is 0 Å². The van der Waals surface area contributed by atoms with Crippen molar-refractivity contribution in [3.8, 4) is 5.75 Å². The largest absolute Gasteiger partial charge is 0.492 e. The minimum atomic E-state index is 0. The molecule has 0 unspecified atom stereocenters. The lowest BCUT2D eigenvalue weighted by Gasteiger charge is -2.33. The van der Waals surface area contributed by atoms with E-state index in [-0.39, 0.29) is 24.0 Å². The van der Waals surface area contributed by atoms with E-state index < -0.39 is 0 Å². The standard InChI is InChI=1S/C19H26N4OS.HI/c1-20-19(21-11-14-24-17-6-3-2-4-7-17)22-16-9-12-23(13-10-16)18-8-5-15-25-18;/h2-8,15-16H,9-14H2,1H3,(H2,20,21,22);1H. The number of benzene rings is 1. The highest BCUT2D eigenvalue weighted by Crippen LogP contribution is 2.24. The van der Waals surface area contributed by atoms with Gasteiger partial charge in [-0.1, -0.05) is 18.2 Å². The van der Waals surface area contributed by atoms with Gasteiger partial charge in [0.05, 0.1) is 11.5 Å². The van der Waals surface area contributed by atoms with Crippen LogP contribution >= 0.6 is 35.3 Å². The van der Waals surface area contributed by atoms with Gasteiger partial charge >= 0.3 is 0 Å². The number of rotatable bonds is 6. The van der Waals surface area contributed by atoms with Crippen LogP contribution in [-0.4, -0.2) is 45.3 Å². The fourth-order valence-corrected chi connectivity index (χ4v) is 3.72. The average molecular weight is 486 g/mol. The summed E-state index contributed by atoms with van der Waals surface area (Å²) < 4.78 is 5.70. The van der Waals surface area contributed by atoms with Crippen LogP contribution in [0.5, 0.6) is 5.75 Å². The molecule has 0 aliphatic carbocycles. The van der Waals surface area contributed by atoms with E-state index in [0.717, 1.165) is 44.2 Å². The van der Waals surface area contributed by atoms with Gasteiger partial charge in [-0.15, -0.1) is 35.3 Å². The lowest BCUT2D eigenvalue weighted by molar-refractivity contribution is 0.321. The number of halogens is 1. The second-order valence-corrected chi connectivity index (χ2v) is 6.94. The zero-order valence-electron chi connectivity index (χ0n) is 15.1. The van der Waals surface area contributed by atoms with Crippen molar-refractivity contribution in [1.82, 2.24) is 10.6 Å². The maximum atomic E-state index is 5.70. The summed E-state index contributed by atoms with van der Waals surface area (Å²) in [4.78, 5) is 6.79. The van der Waals surface area contributed by atoms with Gasteiger partial charge in [0.2, 0.25) is 0 Å². The third-order valence-corrected chi connectivity index (χ3v) is 5.21. The number of hydrogen-bond acceptors (Lipinski definition) is 4. The van der Waals surface area contributed by atoms with Gasteiger partial charge in [-0.25, -0.2) is 0 Å². The van der Waals surface area contributed by atoms with Crippen molar-refractivity contribution >= 4 is 46.3 Å². The minimum Gasteiger partial charge on any atom is -0.492 e. The van der Waals surface area contributed by atoms with Crippen LogP contribution in [0.25, 0.3) is 0 Å². The lowest BCUT2D eigenvalue weighted by Crippen LogP contribution is -2.49. The van der Waals surface area contributed by atoms with Crippen molar-refractivity contribution in [2.75, 3.05) is 38.2 Å². The summed E-state index contributed by atoms with van der Waals surface area (Å²) in [6, 6.07) is 14.7. The van der Waals surface area contributed by atoms with E-state index in [4.69, 9.17) is 4.74 Å². The first-order valence-electron chi connectivity index (χ1n) is 8.78. The van der Waals surface area contributed by atoms with Crippen LogP contribution in [0.15, 0.2) is 52.8 Å². The van der Waals surface area contributed by atoms with E-state index in [1.54, 1.807) is 0 Å². The summed E-state index contributed by atoms with van der Waals surface area (Å²) in [7, 11) is 1.81. The molecule has 0 saturated carbocycles. The highest BCUT2D eigenvalue weighted by atomic mass is 127. The summed E-state index contributed by atoms with van der Waals surface area (Å²) in [5, 5.41) is 10.4. The summed E-state index contributed by atoms with van der Waals surface area (Å²) >= 11 is 1.82. The van der Waals surface area contributed by atoms with Gasteiger partial charge in [0.1, 0.15) is 12.4 Å². The molecule has 1 aliphatic heterocycles. The number of ether oxygens (including phenoxy) is 1. The fourth-order valence-electron chi connectivity index (χ4n) is 2.94. The molecule has 142 valence electrons. The number of anilines is 1. The molecule has 0 amide bonds. The molecule has 3 rings (SSSR count). The van der Waals surface area contributed by atoms with E-state index in [1.807, 2.05) is 48.7 Å². The first-order chi connectivity index (χ1) is 12.3. The topological polar surface area (TPSA) is 48.9 Å². The van der Waals surface area contributed by atoms with Crippen molar-refractivity contribution in [3.05, 3.63) is 47.8 Å². The SMILES string of the molecule is CN=C(NCCOc1ccccc1)NC1CCN(c2cccs2)CC1.I. The highest BCUT2D eigenvalue weighted by molar-refractivity contribution is 14.0. The zero-order chi connectivity index (χ0) is 17.3. The van der Waals surface area contributed by atoms with Gasteiger partial charge in [-0.3, -0.25) is 4.99 Å². The molecule has 26 heavy (non-hydrogen) atoms. The second-order valence-electron chi connectivity index (χ2n) is 6.02. The minimum absolute atomic E-state index is 0. The molecule has 0 spiro atoms. The van der Waals surface area contributed by atoms with Gasteiger partial charge in [0.25, 0.3) is 0 Å². The number of thiophene rings is 1. The summed E-state index contributed by atoms with van der Waals surface area (Å²) in [6.45, 7) is 3.52. The van der Waals surface area contributed by atoms with Crippen molar-refractivity contribution < 1.29 is 4.74 Å². The van der Waals surface area contributed by atoms with Gasteiger partial charge in [0, 0.05) is 26.2 Å². The molecule has 2 aromatic rings. The van der Waals surface area contributed by atoms with E-state index in [1.165, 1.54) is 5.00 Å². The third-order valence-electron chi connectivity index (χ3n) is 4.28. The summed E-state index contributed by atoms with van der Waals surface area (Å²) in [5.41, 5.74) is 0. The molecule has 2 N–H and O–H groups in total. The van der Waals surface area contributed by atoms with Crippen LogP contribution in [-0.2, 0) is 0 Å². The smallest absolute Gasteiger partial charge is 0.191 e. The molecule has 1 aliphatic rings. The van der Waals surface area contributed by atoms with Crippen molar-refractivity contribution in [1.29, 1.82) is 0 Å². The molecule has 7 heteroatoms. The van der Waals surface area contributed by atoms with Crippen LogP contribution in [0.1, 0.15) is 12.8 Å². The Morgan fingerprint density at radius 3 is 2.62 bits per heavy atom. The molecular formula is C19H27IN4OS. The Kier molecular flexibility index (Phi) is 9.04. The first-order valence-corrected chi connectivity index (χ1v) is 9.66. The molecule has 0 bridgehead atoms. The lowest BCUT2D eigenvalue weighted by atomic mass is 10.1. The number of guanidine groups is 1. The Bertz CT molecular complexity index is 643. The molecule has 1 saturated heterocycles. The Labute approximate surface area is 176 Å². The van der Waals surface area contributed by atoms with E-state index in [0.29, 0.717) is 12.6 Å². The van der Waals surface area contributed by atoms with Gasteiger partial charge in [-0.2, -0.15) is 0 Å². The Balaban J connectivity index is 0.00000243.